The molecule has 38 heavy (non-hydrogen) atoms. The minimum atomic E-state index is -0.669. The Morgan fingerprint density at radius 3 is 2.66 bits per heavy atom. The van der Waals surface area contributed by atoms with Gasteiger partial charge in [0.2, 0.25) is 5.95 Å². The molecule has 0 aliphatic carbocycles. The molecule has 3 aromatic rings. The fraction of sp³-hybridized carbons (Fsp3) is 0.370. The number of anilines is 3. The van der Waals surface area contributed by atoms with Crippen molar-refractivity contribution in [3.05, 3.63) is 53.7 Å². The number of rotatable bonds is 7. The molecule has 1 fully saturated rings. The molecule has 0 saturated carbocycles. The van der Waals surface area contributed by atoms with Gasteiger partial charge < -0.3 is 24.6 Å². The van der Waals surface area contributed by atoms with Gasteiger partial charge in [-0.15, -0.1) is 0 Å². The molecule has 0 bridgehead atoms. The third-order valence-corrected chi connectivity index (χ3v) is 6.80. The lowest BCUT2D eigenvalue weighted by atomic mass is 10.1. The van der Waals surface area contributed by atoms with Crippen molar-refractivity contribution < 1.29 is 23.0 Å². The van der Waals surface area contributed by atoms with E-state index >= 15 is 0 Å². The quantitative estimate of drug-likeness (QED) is 0.502. The van der Waals surface area contributed by atoms with Crippen molar-refractivity contribution in [2.24, 2.45) is 0 Å². The number of amides is 1. The van der Waals surface area contributed by atoms with Crippen molar-refractivity contribution in [2.75, 3.05) is 63.7 Å². The molecule has 1 saturated heterocycles. The number of aromatic nitrogens is 2. The highest BCUT2D eigenvalue weighted by Gasteiger charge is 2.28. The lowest BCUT2D eigenvalue weighted by Crippen LogP contribution is -2.44. The van der Waals surface area contributed by atoms with Gasteiger partial charge in [0.1, 0.15) is 23.0 Å². The van der Waals surface area contributed by atoms with Crippen LogP contribution >= 0.6 is 0 Å². The zero-order valence-electron chi connectivity index (χ0n) is 21.6. The van der Waals surface area contributed by atoms with Gasteiger partial charge >= 0.3 is 0 Å². The molecule has 1 N–H and O–H groups in total. The van der Waals surface area contributed by atoms with Crippen LogP contribution in [0.3, 0.4) is 0 Å². The number of carbonyl (C=O) groups is 1. The maximum atomic E-state index is 14.8. The molecule has 200 valence electrons. The van der Waals surface area contributed by atoms with Crippen molar-refractivity contribution in [1.29, 1.82) is 0 Å². The lowest BCUT2D eigenvalue weighted by molar-refractivity contribution is -0.121. The Morgan fingerprint density at radius 1 is 1.13 bits per heavy atom. The summed E-state index contributed by atoms with van der Waals surface area (Å²) in [5.41, 5.74) is 2.51. The fourth-order valence-corrected chi connectivity index (χ4v) is 4.77. The standard InChI is InChI=1S/C27H30F2N6O3/c1-4-35-22-13-19(11-17(26(22)38-16-24(35)36)15-34-9-7-33(2)8-10-34)31-27-30-14-21(29)25(32-27)20-6-5-18(28)12-23(20)37-3/h5-6,11-14H,4,7-10,15-16H2,1-3H3,(H,30,31,32). The number of likely N-dealkylation sites (N-methyl/N-ethyl adjacent to an activating group) is 2. The number of piperazine rings is 1. The maximum absolute atomic E-state index is 14.8. The molecule has 9 nitrogen and oxygen atoms in total. The summed E-state index contributed by atoms with van der Waals surface area (Å²) < 4.78 is 39.6. The lowest BCUT2D eigenvalue weighted by Gasteiger charge is -2.34. The number of benzene rings is 2. The fourth-order valence-electron chi connectivity index (χ4n) is 4.77. The van der Waals surface area contributed by atoms with Crippen LogP contribution in [0, 0.1) is 11.6 Å². The van der Waals surface area contributed by atoms with Crippen LogP contribution in [-0.2, 0) is 11.3 Å². The van der Waals surface area contributed by atoms with E-state index in [9.17, 15) is 13.6 Å². The SMILES string of the molecule is CCN1C(=O)COc2c(CN3CCN(C)CC3)cc(Nc3ncc(F)c(-c4ccc(F)cc4OC)n3)cc21. The van der Waals surface area contributed by atoms with Crippen molar-refractivity contribution in [3.8, 4) is 22.8 Å². The first-order chi connectivity index (χ1) is 18.4. The second-order valence-corrected chi connectivity index (χ2v) is 9.35. The van der Waals surface area contributed by atoms with Gasteiger partial charge in [-0.3, -0.25) is 9.69 Å². The molecule has 2 aliphatic rings. The van der Waals surface area contributed by atoms with E-state index in [4.69, 9.17) is 9.47 Å². The van der Waals surface area contributed by atoms with Crippen LogP contribution in [0.15, 0.2) is 36.5 Å². The van der Waals surface area contributed by atoms with E-state index in [0.717, 1.165) is 37.9 Å². The molecule has 3 heterocycles. The van der Waals surface area contributed by atoms with Crippen molar-refractivity contribution in [1.82, 2.24) is 19.8 Å². The summed E-state index contributed by atoms with van der Waals surface area (Å²) in [6, 6.07) is 7.57. The number of nitrogens with one attached hydrogen (secondary N) is 1. The monoisotopic (exact) mass is 524 g/mol. The van der Waals surface area contributed by atoms with Crippen molar-refractivity contribution in [3.63, 3.8) is 0 Å². The number of ether oxygens (including phenoxy) is 2. The summed E-state index contributed by atoms with van der Waals surface area (Å²) in [6.07, 6.45) is 1.06. The normalized spacial score (nSPS) is 16.2. The Kier molecular flexibility index (Phi) is 7.39. The predicted molar refractivity (Wildman–Crippen MR) is 140 cm³/mol. The summed E-state index contributed by atoms with van der Waals surface area (Å²) >= 11 is 0. The molecule has 0 radical (unpaired) electrons. The molecule has 2 aromatic carbocycles. The topological polar surface area (TPSA) is 83.1 Å². The summed E-state index contributed by atoms with van der Waals surface area (Å²) in [5, 5.41) is 3.16. The van der Waals surface area contributed by atoms with Crippen molar-refractivity contribution in [2.45, 2.75) is 13.5 Å². The number of methoxy groups -OCH3 is 1. The molecule has 5 rings (SSSR count). The maximum Gasteiger partial charge on any atom is 0.265 e. The molecular weight excluding hydrogens is 494 g/mol. The Bertz CT molecular complexity index is 1350. The minimum absolute atomic E-state index is 0.00666. The number of carbonyl (C=O) groups excluding carboxylic acids is 1. The van der Waals surface area contributed by atoms with E-state index in [-0.39, 0.29) is 29.9 Å². The summed E-state index contributed by atoms with van der Waals surface area (Å²) in [5.74, 6) is -0.301. The van der Waals surface area contributed by atoms with Crippen LogP contribution in [0.1, 0.15) is 12.5 Å². The predicted octanol–water partition coefficient (Wildman–Crippen LogP) is 3.67. The zero-order valence-corrected chi connectivity index (χ0v) is 21.6. The molecule has 2 aliphatic heterocycles. The van der Waals surface area contributed by atoms with Gasteiger partial charge in [-0.05, 0) is 38.2 Å². The van der Waals surface area contributed by atoms with Gasteiger partial charge in [-0.2, -0.15) is 0 Å². The zero-order chi connectivity index (χ0) is 26.8. The first-order valence-electron chi connectivity index (χ1n) is 12.5. The van der Waals surface area contributed by atoms with Crippen LogP contribution in [0.2, 0.25) is 0 Å². The first-order valence-corrected chi connectivity index (χ1v) is 12.5. The summed E-state index contributed by atoms with van der Waals surface area (Å²) in [7, 11) is 3.49. The smallest absolute Gasteiger partial charge is 0.265 e. The van der Waals surface area contributed by atoms with Gasteiger partial charge in [-0.25, -0.2) is 18.7 Å². The van der Waals surface area contributed by atoms with E-state index in [1.54, 1.807) is 4.90 Å². The van der Waals surface area contributed by atoms with Crippen molar-refractivity contribution >= 4 is 23.2 Å². The third-order valence-electron chi connectivity index (χ3n) is 6.80. The van der Waals surface area contributed by atoms with E-state index in [1.807, 2.05) is 19.1 Å². The Labute approximate surface area is 220 Å². The number of halogens is 2. The molecular formula is C27H30F2N6O3. The average Bonchev–Trinajstić information content (AvgIpc) is 2.91. The van der Waals surface area contributed by atoms with E-state index in [1.165, 1.54) is 25.3 Å². The highest BCUT2D eigenvalue weighted by Crippen LogP contribution is 2.40. The van der Waals surface area contributed by atoms with Gasteiger partial charge in [-0.1, -0.05) is 0 Å². The van der Waals surface area contributed by atoms with E-state index in [0.29, 0.717) is 35.8 Å². The number of hydrogen-bond acceptors (Lipinski definition) is 8. The van der Waals surface area contributed by atoms with Gasteiger partial charge in [0.25, 0.3) is 5.91 Å². The molecule has 1 aromatic heterocycles. The minimum Gasteiger partial charge on any atom is -0.496 e. The highest BCUT2D eigenvalue weighted by molar-refractivity contribution is 5.99. The van der Waals surface area contributed by atoms with Crippen LogP contribution < -0.4 is 19.7 Å². The molecule has 1 amide bonds. The largest absolute Gasteiger partial charge is 0.496 e. The van der Waals surface area contributed by atoms with Crippen LogP contribution in [0.25, 0.3) is 11.3 Å². The summed E-state index contributed by atoms with van der Waals surface area (Å²) in [6.45, 7) is 6.84. The second kappa shape index (κ2) is 10.9. The molecule has 0 unspecified atom stereocenters. The Balaban J connectivity index is 1.51. The van der Waals surface area contributed by atoms with Gasteiger partial charge in [0, 0.05) is 62.1 Å². The third kappa shape index (κ3) is 5.25. The number of fused-ring (bicyclic) bond motifs is 1. The van der Waals surface area contributed by atoms with Crippen LogP contribution in [0.5, 0.6) is 11.5 Å². The highest BCUT2D eigenvalue weighted by atomic mass is 19.1. The molecule has 11 heteroatoms. The molecule has 0 atom stereocenters. The van der Waals surface area contributed by atoms with Crippen LogP contribution in [0.4, 0.5) is 26.1 Å². The van der Waals surface area contributed by atoms with Gasteiger partial charge in [0.15, 0.2) is 12.4 Å². The second-order valence-electron chi connectivity index (χ2n) is 9.35. The van der Waals surface area contributed by atoms with E-state index < -0.39 is 11.6 Å². The Hall–Kier alpha value is -3.83. The van der Waals surface area contributed by atoms with Gasteiger partial charge in [0.05, 0.1) is 19.0 Å². The first kappa shape index (κ1) is 25.8. The number of nitrogens with zero attached hydrogens (tertiary/aromatic N) is 5. The molecule has 0 spiro atoms. The number of hydrogen-bond donors (Lipinski definition) is 1. The van der Waals surface area contributed by atoms with Crippen LogP contribution in [-0.4, -0.2) is 79.2 Å². The average molecular weight is 525 g/mol. The Morgan fingerprint density at radius 2 is 1.92 bits per heavy atom. The van der Waals surface area contributed by atoms with E-state index in [2.05, 4.69) is 32.1 Å². The summed E-state index contributed by atoms with van der Waals surface area (Å²) in [4.78, 5) is 27.4.